The Morgan fingerprint density at radius 1 is 1.56 bits per heavy atom. The first-order chi connectivity index (χ1) is 7.72. The molecular formula is C12H14BrNO2. The molecule has 1 aromatic rings. The lowest BCUT2D eigenvalue weighted by molar-refractivity contribution is -0.117. The second-order valence-corrected chi connectivity index (χ2v) is 4.82. The third kappa shape index (κ3) is 2.62. The molecule has 1 aliphatic rings. The van der Waals surface area contributed by atoms with Gasteiger partial charge >= 0.3 is 0 Å². The zero-order valence-corrected chi connectivity index (χ0v) is 10.7. The van der Waals surface area contributed by atoms with Crippen molar-refractivity contribution in [2.75, 3.05) is 12.4 Å². The first-order valence-electron chi connectivity index (χ1n) is 5.29. The topological polar surface area (TPSA) is 38.3 Å². The minimum Gasteiger partial charge on any atom is -0.380 e. The fourth-order valence-electron chi connectivity index (χ4n) is 1.55. The Hall–Kier alpha value is -0.870. The van der Waals surface area contributed by atoms with Crippen LogP contribution in [0.2, 0.25) is 0 Å². The zero-order chi connectivity index (χ0) is 11.5. The van der Waals surface area contributed by atoms with Gasteiger partial charge in [-0.05, 0) is 25.0 Å². The van der Waals surface area contributed by atoms with Gasteiger partial charge in [-0.2, -0.15) is 0 Å². The minimum atomic E-state index is 0.121. The Balaban J connectivity index is 2.17. The lowest BCUT2D eigenvalue weighted by Gasteiger charge is -2.11. The molecule has 0 radical (unpaired) electrons. The quantitative estimate of drug-likeness (QED) is 0.923. The Morgan fingerprint density at radius 3 is 2.94 bits per heavy atom. The summed E-state index contributed by atoms with van der Waals surface area (Å²) in [5.41, 5.74) is 1.83. The molecule has 0 bridgehead atoms. The molecule has 1 aromatic carbocycles. The van der Waals surface area contributed by atoms with Gasteiger partial charge in [0.05, 0.1) is 6.61 Å². The van der Waals surface area contributed by atoms with Crippen LogP contribution in [0.3, 0.4) is 0 Å². The fraction of sp³-hybridized carbons (Fsp3) is 0.417. The van der Waals surface area contributed by atoms with Crippen LogP contribution in [0.5, 0.6) is 0 Å². The molecule has 86 valence electrons. The molecule has 0 atom stereocenters. The highest BCUT2D eigenvalue weighted by Crippen LogP contribution is 2.32. The van der Waals surface area contributed by atoms with E-state index in [0.29, 0.717) is 6.61 Å². The van der Waals surface area contributed by atoms with Crippen LogP contribution >= 0.6 is 15.9 Å². The molecule has 0 heterocycles. The van der Waals surface area contributed by atoms with Gasteiger partial charge in [0.1, 0.15) is 0 Å². The smallest absolute Gasteiger partial charge is 0.227 e. The summed E-state index contributed by atoms with van der Waals surface area (Å²) in [7, 11) is 1.64. The van der Waals surface area contributed by atoms with E-state index in [1.54, 1.807) is 7.11 Å². The predicted molar refractivity (Wildman–Crippen MR) is 66.2 cm³/mol. The van der Waals surface area contributed by atoms with Crippen molar-refractivity contribution in [1.82, 2.24) is 0 Å². The number of carbonyl (C=O) groups excluding carboxylic acids is 1. The molecule has 1 N–H and O–H groups in total. The van der Waals surface area contributed by atoms with E-state index in [4.69, 9.17) is 4.74 Å². The van der Waals surface area contributed by atoms with Crippen molar-refractivity contribution >= 4 is 27.5 Å². The van der Waals surface area contributed by atoms with E-state index in [9.17, 15) is 4.79 Å². The van der Waals surface area contributed by atoms with Gasteiger partial charge in [0, 0.05) is 28.8 Å². The van der Waals surface area contributed by atoms with Gasteiger partial charge in [-0.15, -0.1) is 0 Å². The standard InChI is InChI=1S/C12H14BrNO2/c1-16-7-9-10(13)3-2-4-11(9)14-12(15)8-5-6-8/h2-4,8H,5-7H2,1H3,(H,14,15). The Bertz CT molecular complexity index is 402. The van der Waals surface area contributed by atoms with Crippen LogP contribution in [-0.4, -0.2) is 13.0 Å². The van der Waals surface area contributed by atoms with Crippen LogP contribution in [0.4, 0.5) is 5.69 Å². The fourth-order valence-corrected chi connectivity index (χ4v) is 2.03. The number of hydrogen-bond acceptors (Lipinski definition) is 2. The van der Waals surface area contributed by atoms with Crippen LogP contribution in [-0.2, 0) is 16.1 Å². The molecule has 0 unspecified atom stereocenters. The highest BCUT2D eigenvalue weighted by Gasteiger charge is 2.29. The summed E-state index contributed by atoms with van der Waals surface area (Å²) in [6.45, 7) is 0.488. The van der Waals surface area contributed by atoms with E-state index in [1.807, 2.05) is 18.2 Å². The van der Waals surface area contributed by atoms with Gasteiger partial charge in [-0.1, -0.05) is 22.0 Å². The predicted octanol–water partition coefficient (Wildman–Crippen LogP) is 2.94. The van der Waals surface area contributed by atoms with Gasteiger partial charge in [-0.25, -0.2) is 0 Å². The normalized spacial score (nSPS) is 14.9. The second kappa shape index (κ2) is 4.97. The second-order valence-electron chi connectivity index (χ2n) is 3.96. The maximum Gasteiger partial charge on any atom is 0.227 e. The summed E-state index contributed by atoms with van der Waals surface area (Å²) in [5, 5.41) is 2.95. The van der Waals surface area contributed by atoms with Crippen molar-refractivity contribution < 1.29 is 9.53 Å². The number of nitrogens with one attached hydrogen (secondary N) is 1. The van der Waals surface area contributed by atoms with E-state index < -0.39 is 0 Å². The summed E-state index contributed by atoms with van der Waals surface area (Å²) in [6, 6.07) is 5.76. The van der Waals surface area contributed by atoms with Crippen LogP contribution in [0.1, 0.15) is 18.4 Å². The van der Waals surface area contributed by atoms with Gasteiger partial charge < -0.3 is 10.1 Å². The molecule has 1 saturated carbocycles. The first-order valence-corrected chi connectivity index (χ1v) is 6.09. The lowest BCUT2D eigenvalue weighted by atomic mass is 10.2. The molecular weight excluding hydrogens is 270 g/mol. The third-order valence-electron chi connectivity index (χ3n) is 2.61. The Labute approximate surface area is 103 Å². The molecule has 2 rings (SSSR count). The van der Waals surface area contributed by atoms with E-state index in [2.05, 4.69) is 21.2 Å². The number of hydrogen-bond donors (Lipinski definition) is 1. The maximum absolute atomic E-state index is 11.7. The average Bonchev–Trinajstić information content (AvgIpc) is 3.06. The number of methoxy groups -OCH3 is 1. The Morgan fingerprint density at radius 2 is 2.31 bits per heavy atom. The Kier molecular flexibility index (Phi) is 3.61. The molecule has 0 aliphatic heterocycles. The van der Waals surface area contributed by atoms with Crippen LogP contribution < -0.4 is 5.32 Å². The maximum atomic E-state index is 11.7. The summed E-state index contributed by atoms with van der Waals surface area (Å²) in [5.74, 6) is 0.338. The highest BCUT2D eigenvalue weighted by molar-refractivity contribution is 9.10. The van der Waals surface area contributed by atoms with Crippen molar-refractivity contribution in [1.29, 1.82) is 0 Å². The summed E-state index contributed by atoms with van der Waals surface area (Å²) >= 11 is 3.46. The van der Waals surface area contributed by atoms with Gasteiger partial charge in [-0.3, -0.25) is 4.79 Å². The number of ether oxygens (including phenoxy) is 1. The number of carbonyl (C=O) groups is 1. The number of amides is 1. The SMILES string of the molecule is COCc1c(Br)cccc1NC(=O)C1CC1. The average molecular weight is 284 g/mol. The van der Waals surface area contributed by atoms with Crippen molar-refractivity contribution in [3.8, 4) is 0 Å². The van der Waals surface area contributed by atoms with E-state index in [0.717, 1.165) is 28.6 Å². The number of rotatable bonds is 4. The van der Waals surface area contributed by atoms with Crippen LogP contribution in [0.25, 0.3) is 0 Å². The number of anilines is 1. The lowest BCUT2D eigenvalue weighted by Crippen LogP contribution is -2.15. The van der Waals surface area contributed by atoms with Gasteiger partial charge in [0.15, 0.2) is 0 Å². The molecule has 0 spiro atoms. The van der Waals surface area contributed by atoms with Crippen LogP contribution in [0, 0.1) is 5.92 Å². The molecule has 1 amide bonds. The first kappa shape index (κ1) is 11.6. The van der Waals surface area contributed by atoms with Crippen molar-refractivity contribution in [3.05, 3.63) is 28.2 Å². The third-order valence-corrected chi connectivity index (χ3v) is 3.36. The van der Waals surface area contributed by atoms with Crippen molar-refractivity contribution in [2.24, 2.45) is 5.92 Å². The summed E-state index contributed by atoms with van der Waals surface area (Å²) in [4.78, 5) is 11.7. The number of benzene rings is 1. The molecule has 4 heteroatoms. The minimum absolute atomic E-state index is 0.121. The van der Waals surface area contributed by atoms with Gasteiger partial charge in [0.2, 0.25) is 5.91 Å². The molecule has 1 fully saturated rings. The van der Waals surface area contributed by atoms with Crippen molar-refractivity contribution in [2.45, 2.75) is 19.4 Å². The number of halogens is 1. The highest BCUT2D eigenvalue weighted by atomic mass is 79.9. The van der Waals surface area contributed by atoms with E-state index in [-0.39, 0.29) is 11.8 Å². The molecule has 16 heavy (non-hydrogen) atoms. The van der Waals surface area contributed by atoms with E-state index >= 15 is 0 Å². The van der Waals surface area contributed by atoms with Crippen molar-refractivity contribution in [3.63, 3.8) is 0 Å². The molecule has 0 saturated heterocycles. The largest absolute Gasteiger partial charge is 0.380 e. The summed E-state index contributed by atoms with van der Waals surface area (Å²) in [6.07, 6.45) is 2.03. The molecule has 3 nitrogen and oxygen atoms in total. The van der Waals surface area contributed by atoms with E-state index in [1.165, 1.54) is 0 Å². The van der Waals surface area contributed by atoms with Gasteiger partial charge in [0.25, 0.3) is 0 Å². The summed E-state index contributed by atoms with van der Waals surface area (Å²) < 4.78 is 6.09. The van der Waals surface area contributed by atoms with Crippen LogP contribution in [0.15, 0.2) is 22.7 Å². The molecule has 1 aliphatic carbocycles. The molecule has 0 aromatic heterocycles. The zero-order valence-electron chi connectivity index (χ0n) is 9.13. The monoisotopic (exact) mass is 283 g/mol.